The number of nitrogens with zero attached hydrogens (tertiary/aromatic N) is 5. The lowest BCUT2D eigenvalue weighted by Crippen LogP contribution is -2.30. The van der Waals surface area contributed by atoms with Gasteiger partial charge in [-0.15, -0.1) is 11.3 Å². The largest absolute Gasteiger partial charge is 0.497 e. The molecular formula is C28H23N5O2S. The van der Waals surface area contributed by atoms with Gasteiger partial charge in [0.1, 0.15) is 18.1 Å². The van der Waals surface area contributed by atoms with Crippen LogP contribution in [0, 0.1) is 0 Å². The van der Waals surface area contributed by atoms with E-state index in [1.165, 1.54) is 0 Å². The van der Waals surface area contributed by atoms with Crippen molar-refractivity contribution in [3.63, 3.8) is 0 Å². The lowest BCUT2D eigenvalue weighted by Gasteiger charge is -2.23. The van der Waals surface area contributed by atoms with Gasteiger partial charge in [0.05, 0.1) is 34.8 Å². The number of rotatable bonds is 6. The van der Waals surface area contributed by atoms with E-state index in [1.54, 1.807) is 35.8 Å². The summed E-state index contributed by atoms with van der Waals surface area (Å²) in [6.45, 7) is 0.110. The van der Waals surface area contributed by atoms with E-state index in [-0.39, 0.29) is 18.5 Å². The number of benzene rings is 2. The van der Waals surface area contributed by atoms with Crippen LogP contribution in [0.2, 0.25) is 0 Å². The molecule has 0 bridgehead atoms. The van der Waals surface area contributed by atoms with Crippen molar-refractivity contribution in [3.8, 4) is 17.1 Å². The van der Waals surface area contributed by atoms with E-state index in [1.807, 2.05) is 82.7 Å². The molecule has 4 heterocycles. The Hall–Kier alpha value is -4.30. The highest BCUT2D eigenvalue weighted by Crippen LogP contribution is 2.35. The van der Waals surface area contributed by atoms with Crippen LogP contribution in [-0.2, 0) is 11.3 Å². The summed E-state index contributed by atoms with van der Waals surface area (Å²) in [5, 5.41) is 8.50. The molecule has 8 heteroatoms. The Morgan fingerprint density at radius 3 is 2.67 bits per heavy atom. The standard InChI is InChI=1S/C28H23N5O2S/c1-35-21-12-10-19(11-13-21)25-16-23(26-9-5-15-36-26)31-33(25)27(34)18-32-24-8-3-2-7-22(24)30-28(32)20-6-4-14-29-17-20/h2-15,17,25H,16,18H2,1H3. The van der Waals surface area contributed by atoms with Crippen LogP contribution < -0.4 is 4.74 Å². The number of hydrazone groups is 1. The number of hydrogen-bond donors (Lipinski definition) is 0. The first kappa shape index (κ1) is 22.2. The predicted molar refractivity (Wildman–Crippen MR) is 141 cm³/mol. The molecule has 0 saturated carbocycles. The number of ether oxygens (including phenoxy) is 1. The predicted octanol–water partition coefficient (Wildman–Crippen LogP) is 5.55. The van der Waals surface area contributed by atoms with Crippen molar-refractivity contribution in [2.45, 2.75) is 19.0 Å². The summed E-state index contributed by atoms with van der Waals surface area (Å²) in [4.78, 5) is 24.0. The third kappa shape index (κ3) is 4.05. The number of amides is 1. The minimum atomic E-state index is -0.197. The third-order valence-corrected chi connectivity index (χ3v) is 7.26. The molecule has 6 rings (SSSR count). The van der Waals surface area contributed by atoms with E-state index in [0.717, 1.165) is 38.5 Å². The molecule has 178 valence electrons. The van der Waals surface area contributed by atoms with Crippen molar-refractivity contribution in [1.82, 2.24) is 19.5 Å². The fourth-order valence-electron chi connectivity index (χ4n) is 4.58. The fraction of sp³-hybridized carbons (Fsp3) is 0.143. The highest BCUT2D eigenvalue weighted by Gasteiger charge is 2.34. The zero-order valence-electron chi connectivity index (χ0n) is 19.6. The molecule has 5 aromatic rings. The number of pyridine rings is 1. The number of carbonyl (C=O) groups excluding carboxylic acids is 1. The second kappa shape index (κ2) is 9.39. The van der Waals surface area contributed by atoms with E-state index >= 15 is 0 Å². The van der Waals surface area contributed by atoms with Crippen LogP contribution in [0.25, 0.3) is 22.4 Å². The summed E-state index contributed by atoms with van der Waals surface area (Å²) >= 11 is 1.63. The molecule has 1 aliphatic heterocycles. The van der Waals surface area contributed by atoms with E-state index in [2.05, 4.69) is 4.98 Å². The summed E-state index contributed by atoms with van der Waals surface area (Å²) in [7, 11) is 1.65. The lowest BCUT2D eigenvalue weighted by atomic mass is 10.0. The van der Waals surface area contributed by atoms with E-state index in [0.29, 0.717) is 12.2 Å². The van der Waals surface area contributed by atoms with Crippen LogP contribution in [0.15, 0.2) is 95.7 Å². The number of hydrogen-bond acceptors (Lipinski definition) is 6. The van der Waals surface area contributed by atoms with Crippen LogP contribution in [-0.4, -0.2) is 38.3 Å². The third-order valence-electron chi connectivity index (χ3n) is 6.34. The molecule has 1 amide bonds. The molecule has 0 N–H and O–H groups in total. The van der Waals surface area contributed by atoms with Crippen molar-refractivity contribution in [2.75, 3.05) is 7.11 Å². The second-order valence-corrected chi connectivity index (χ2v) is 9.46. The van der Waals surface area contributed by atoms with Gasteiger partial charge in [0, 0.05) is 24.4 Å². The average Bonchev–Trinajstić information content (AvgIpc) is 3.68. The van der Waals surface area contributed by atoms with Crippen LogP contribution in [0.1, 0.15) is 22.9 Å². The number of thiophene rings is 1. The molecule has 1 atom stereocenters. The molecular weight excluding hydrogens is 470 g/mol. The number of aromatic nitrogens is 3. The normalized spacial score (nSPS) is 15.3. The first-order valence-corrected chi connectivity index (χ1v) is 12.5. The second-order valence-electron chi connectivity index (χ2n) is 8.51. The number of carbonyl (C=O) groups is 1. The number of imidazole rings is 1. The number of fused-ring (bicyclic) bond motifs is 1. The Balaban J connectivity index is 1.39. The molecule has 2 aromatic carbocycles. The Labute approximate surface area is 212 Å². The van der Waals surface area contributed by atoms with E-state index in [4.69, 9.17) is 14.8 Å². The molecule has 0 aliphatic carbocycles. The highest BCUT2D eigenvalue weighted by atomic mass is 32.1. The first-order valence-electron chi connectivity index (χ1n) is 11.6. The number of methoxy groups -OCH3 is 1. The van der Waals surface area contributed by atoms with Gasteiger partial charge in [0.2, 0.25) is 0 Å². The number of para-hydroxylation sites is 2. The van der Waals surface area contributed by atoms with Crippen LogP contribution in [0.5, 0.6) is 5.75 Å². The van der Waals surface area contributed by atoms with Gasteiger partial charge >= 0.3 is 0 Å². The van der Waals surface area contributed by atoms with Gasteiger partial charge in [-0.1, -0.05) is 30.3 Å². The summed E-state index contributed by atoms with van der Waals surface area (Å²) < 4.78 is 7.29. The minimum Gasteiger partial charge on any atom is -0.497 e. The Bertz CT molecular complexity index is 1540. The first-order chi connectivity index (χ1) is 17.7. The molecule has 36 heavy (non-hydrogen) atoms. The maximum atomic E-state index is 13.9. The van der Waals surface area contributed by atoms with Gasteiger partial charge in [-0.05, 0) is 53.4 Å². The lowest BCUT2D eigenvalue weighted by molar-refractivity contribution is -0.133. The van der Waals surface area contributed by atoms with Gasteiger partial charge in [0.15, 0.2) is 0 Å². The van der Waals surface area contributed by atoms with Crippen LogP contribution >= 0.6 is 11.3 Å². The molecule has 0 spiro atoms. The average molecular weight is 494 g/mol. The monoisotopic (exact) mass is 493 g/mol. The maximum Gasteiger partial charge on any atom is 0.263 e. The quantitative estimate of drug-likeness (QED) is 0.311. The van der Waals surface area contributed by atoms with Crippen molar-refractivity contribution in [2.24, 2.45) is 5.10 Å². The van der Waals surface area contributed by atoms with Gasteiger partial charge in [-0.2, -0.15) is 5.10 Å². The maximum absolute atomic E-state index is 13.9. The Kier molecular flexibility index (Phi) is 5.79. The van der Waals surface area contributed by atoms with Gasteiger partial charge in [-0.25, -0.2) is 9.99 Å². The van der Waals surface area contributed by atoms with Crippen molar-refractivity contribution in [1.29, 1.82) is 0 Å². The highest BCUT2D eigenvalue weighted by molar-refractivity contribution is 7.12. The van der Waals surface area contributed by atoms with Crippen molar-refractivity contribution >= 4 is 34.0 Å². The zero-order valence-corrected chi connectivity index (χ0v) is 20.4. The summed E-state index contributed by atoms with van der Waals surface area (Å²) in [5.41, 5.74) is 4.52. The van der Waals surface area contributed by atoms with Gasteiger partial charge < -0.3 is 9.30 Å². The van der Waals surface area contributed by atoms with Crippen molar-refractivity contribution < 1.29 is 9.53 Å². The van der Waals surface area contributed by atoms with Crippen LogP contribution in [0.3, 0.4) is 0 Å². The smallest absolute Gasteiger partial charge is 0.263 e. The molecule has 0 radical (unpaired) electrons. The molecule has 3 aromatic heterocycles. The molecule has 7 nitrogen and oxygen atoms in total. The molecule has 0 saturated heterocycles. The minimum absolute atomic E-state index is 0.101. The summed E-state index contributed by atoms with van der Waals surface area (Å²) in [5.74, 6) is 1.39. The Morgan fingerprint density at radius 2 is 1.92 bits per heavy atom. The Morgan fingerprint density at radius 1 is 1.06 bits per heavy atom. The molecule has 1 unspecified atom stereocenters. The van der Waals surface area contributed by atoms with Gasteiger partial charge in [0.25, 0.3) is 5.91 Å². The van der Waals surface area contributed by atoms with Gasteiger partial charge in [-0.3, -0.25) is 9.78 Å². The van der Waals surface area contributed by atoms with E-state index < -0.39 is 0 Å². The summed E-state index contributed by atoms with van der Waals surface area (Å²) in [6, 6.07) is 23.4. The topological polar surface area (TPSA) is 72.6 Å². The van der Waals surface area contributed by atoms with E-state index in [9.17, 15) is 4.79 Å². The fourth-order valence-corrected chi connectivity index (χ4v) is 5.30. The molecule has 0 fully saturated rings. The van der Waals surface area contributed by atoms with Crippen LogP contribution in [0.4, 0.5) is 0 Å². The van der Waals surface area contributed by atoms with Crippen molar-refractivity contribution in [3.05, 3.63) is 101 Å². The molecule has 1 aliphatic rings. The summed E-state index contributed by atoms with van der Waals surface area (Å²) in [6.07, 6.45) is 4.15. The zero-order chi connectivity index (χ0) is 24.5. The SMILES string of the molecule is COc1ccc(C2CC(c3cccs3)=NN2C(=O)Cn2c(-c3cccnc3)nc3ccccc32)cc1.